The van der Waals surface area contributed by atoms with Crippen LogP contribution in [0.25, 0.3) is 0 Å². The summed E-state index contributed by atoms with van der Waals surface area (Å²) in [6.45, 7) is 9.56. The number of carbonyl (C=O) groups is 1. The zero-order valence-corrected chi connectivity index (χ0v) is 20.5. The van der Waals surface area contributed by atoms with Gasteiger partial charge in [-0.15, -0.1) is 0 Å². The Morgan fingerprint density at radius 1 is 1.25 bits per heavy atom. The Balaban J connectivity index is 1.69. The number of nitrogens with zero attached hydrogens (tertiary/aromatic N) is 2. The fourth-order valence-corrected chi connectivity index (χ4v) is 5.25. The first-order chi connectivity index (χ1) is 15.1. The Morgan fingerprint density at radius 2 is 1.91 bits per heavy atom. The smallest absolute Gasteiger partial charge is 0.412 e. The molecule has 1 aliphatic carbocycles. The summed E-state index contributed by atoms with van der Waals surface area (Å²) >= 11 is 0. The molecule has 0 aromatic carbocycles. The summed E-state index contributed by atoms with van der Waals surface area (Å²) in [6.07, 6.45) is 10.9. The van der Waals surface area contributed by atoms with E-state index < -0.39 is 17.5 Å². The number of hydrogen-bond acceptors (Lipinski definition) is 4. The molecule has 2 unspecified atom stereocenters. The van der Waals surface area contributed by atoms with Gasteiger partial charge in [0, 0.05) is 12.4 Å². The third-order valence-electron chi connectivity index (χ3n) is 6.68. The summed E-state index contributed by atoms with van der Waals surface area (Å²) in [5.74, 6) is 0.601. The number of ether oxygens (including phenoxy) is 2. The van der Waals surface area contributed by atoms with Crippen LogP contribution in [-0.2, 0) is 9.47 Å². The van der Waals surface area contributed by atoms with Crippen molar-refractivity contribution in [2.45, 2.75) is 122 Å². The standard InChI is InChI=1S/C26H41FN2O3/c1-25(2,3)32-24(30)29-22(18-19-10-7-6-8-11-19)23(31-26(29,4)5)13-9-12-21(27)20-14-16-28-17-15-20/h14-17,19,21-23H,6-13,18H2,1-5H3/t21-,22?,23?/m0/s1. The van der Waals surface area contributed by atoms with Gasteiger partial charge in [-0.2, -0.15) is 0 Å². The summed E-state index contributed by atoms with van der Waals surface area (Å²) in [5, 5.41) is 0. The number of rotatable bonds is 7. The Hall–Kier alpha value is -1.69. The fraction of sp³-hybridized carbons (Fsp3) is 0.769. The van der Waals surface area contributed by atoms with Gasteiger partial charge < -0.3 is 9.47 Å². The van der Waals surface area contributed by atoms with Gasteiger partial charge in [-0.05, 0) is 83.9 Å². The number of pyridine rings is 1. The zero-order chi connectivity index (χ0) is 23.4. The molecule has 180 valence electrons. The normalized spacial score (nSPS) is 25.0. The molecule has 0 spiro atoms. The van der Waals surface area contributed by atoms with Gasteiger partial charge in [0.25, 0.3) is 0 Å². The van der Waals surface area contributed by atoms with E-state index in [4.69, 9.17) is 9.47 Å². The van der Waals surface area contributed by atoms with Crippen LogP contribution in [-0.4, -0.2) is 39.4 Å². The molecule has 1 aromatic heterocycles. The Bertz CT molecular complexity index is 728. The van der Waals surface area contributed by atoms with E-state index in [0.717, 1.165) is 12.8 Å². The maximum atomic E-state index is 14.7. The molecule has 2 aliphatic rings. The summed E-state index contributed by atoms with van der Waals surface area (Å²) < 4.78 is 26.9. The van der Waals surface area contributed by atoms with Crippen LogP contribution in [0.5, 0.6) is 0 Å². The molecule has 1 aromatic rings. The van der Waals surface area contributed by atoms with Gasteiger partial charge >= 0.3 is 6.09 Å². The molecule has 5 nitrogen and oxygen atoms in total. The molecule has 1 saturated carbocycles. The molecule has 1 amide bonds. The van der Waals surface area contributed by atoms with Crippen LogP contribution in [0.3, 0.4) is 0 Å². The Kier molecular flexibility index (Phi) is 8.18. The first-order valence-corrected chi connectivity index (χ1v) is 12.3. The molecular weight excluding hydrogens is 407 g/mol. The average molecular weight is 449 g/mol. The van der Waals surface area contributed by atoms with E-state index in [1.54, 1.807) is 24.5 Å². The van der Waals surface area contributed by atoms with Crippen molar-refractivity contribution in [3.63, 3.8) is 0 Å². The maximum Gasteiger partial charge on any atom is 0.412 e. The summed E-state index contributed by atoms with van der Waals surface area (Å²) in [6, 6.07) is 3.42. The minimum Gasteiger partial charge on any atom is -0.444 e. The summed E-state index contributed by atoms with van der Waals surface area (Å²) in [5.41, 5.74) is -0.638. The Morgan fingerprint density at radius 3 is 2.53 bits per heavy atom. The second kappa shape index (κ2) is 10.5. The molecule has 3 rings (SSSR count). The number of carbonyl (C=O) groups excluding carboxylic acids is 1. The zero-order valence-electron chi connectivity index (χ0n) is 20.5. The van der Waals surface area contributed by atoms with E-state index >= 15 is 0 Å². The first kappa shape index (κ1) is 24.9. The molecule has 1 aliphatic heterocycles. The second-order valence-electron chi connectivity index (χ2n) is 10.9. The van der Waals surface area contributed by atoms with Gasteiger partial charge in [0.1, 0.15) is 17.5 Å². The van der Waals surface area contributed by atoms with Crippen LogP contribution in [0.2, 0.25) is 0 Å². The van der Waals surface area contributed by atoms with Crippen molar-refractivity contribution < 1.29 is 18.7 Å². The van der Waals surface area contributed by atoms with E-state index in [0.29, 0.717) is 24.3 Å². The van der Waals surface area contributed by atoms with Gasteiger partial charge in [0.2, 0.25) is 0 Å². The average Bonchev–Trinajstić information content (AvgIpc) is 2.97. The Labute approximate surface area is 193 Å². The molecule has 0 bridgehead atoms. The van der Waals surface area contributed by atoms with Crippen LogP contribution >= 0.6 is 0 Å². The largest absolute Gasteiger partial charge is 0.444 e. The predicted molar refractivity (Wildman–Crippen MR) is 124 cm³/mol. The highest BCUT2D eigenvalue weighted by Gasteiger charge is 2.51. The van der Waals surface area contributed by atoms with E-state index in [-0.39, 0.29) is 18.2 Å². The van der Waals surface area contributed by atoms with Crippen LogP contribution in [0, 0.1) is 5.92 Å². The lowest BCUT2D eigenvalue weighted by atomic mass is 9.83. The van der Waals surface area contributed by atoms with Crippen molar-refractivity contribution in [2.75, 3.05) is 0 Å². The minimum absolute atomic E-state index is 0.0399. The highest BCUT2D eigenvalue weighted by atomic mass is 19.1. The highest BCUT2D eigenvalue weighted by molar-refractivity contribution is 5.70. The molecule has 2 heterocycles. The molecule has 3 atom stereocenters. The molecule has 0 radical (unpaired) electrons. The SMILES string of the molecule is CC(C)(C)OC(=O)N1C(CC2CCCCC2)C(CCC[C@H](F)c2ccncc2)OC1(C)C. The number of aromatic nitrogens is 1. The molecule has 1 saturated heterocycles. The maximum absolute atomic E-state index is 14.7. The summed E-state index contributed by atoms with van der Waals surface area (Å²) in [7, 11) is 0. The van der Waals surface area contributed by atoms with Crippen molar-refractivity contribution >= 4 is 6.09 Å². The lowest BCUT2D eigenvalue weighted by Gasteiger charge is -2.37. The van der Waals surface area contributed by atoms with Crippen molar-refractivity contribution in [2.24, 2.45) is 5.92 Å². The van der Waals surface area contributed by atoms with E-state index in [1.807, 2.05) is 39.5 Å². The molecule has 6 heteroatoms. The number of halogens is 1. The number of alkyl halides is 1. The van der Waals surface area contributed by atoms with Crippen LogP contribution in [0.4, 0.5) is 9.18 Å². The minimum atomic E-state index is -1.01. The number of hydrogen-bond donors (Lipinski definition) is 0. The van der Waals surface area contributed by atoms with Crippen molar-refractivity contribution in [3.05, 3.63) is 30.1 Å². The van der Waals surface area contributed by atoms with Gasteiger partial charge in [-0.3, -0.25) is 9.88 Å². The predicted octanol–water partition coefficient (Wildman–Crippen LogP) is 6.97. The second-order valence-corrected chi connectivity index (χ2v) is 10.9. The molecule has 32 heavy (non-hydrogen) atoms. The summed E-state index contributed by atoms with van der Waals surface area (Å²) in [4.78, 5) is 19.0. The van der Waals surface area contributed by atoms with Gasteiger partial charge in [-0.25, -0.2) is 9.18 Å². The van der Waals surface area contributed by atoms with Gasteiger partial charge in [0.05, 0.1) is 12.1 Å². The van der Waals surface area contributed by atoms with E-state index in [2.05, 4.69) is 4.98 Å². The third kappa shape index (κ3) is 6.66. The van der Waals surface area contributed by atoms with Gasteiger partial charge in [-0.1, -0.05) is 32.1 Å². The number of amides is 1. The lowest BCUT2D eigenvalue weighted by molar-refractivity contribution is -0.0803. The monoisotopic (exact) mass is 448 g/mol. The molecular formula is C26H41FN2O3. The lowest BCUT2D eigenvalue weighted by Crippen LogP contribution is -2.50. The van der Waals surface area contributed by atoms with Crippen molar-refractivity contribution in [3.8, 4) is 0 Å². The van der Waals surface area contributed by atoms with Crippen LogP contribution in [0.1, 0.15) is 104 Å². The van der Waals surface area contributed by atoms with Crippen molar-refractivity contribution in [1.82, 2.24) is 9.88 Å². The molecule has 2 fully saturated rings. The topological polar surface area (TPSA) is 51.7 Å². The van der Waals surface area contributed by atoms with Crippen molar-refractivity contribution in [1.29, 1.82) is 0 Å². The van der Waals surface area contributed by atoms with Crippen LogP contribution in [0.15, 0.2) is 24.5 Å². The quantitative estimate of drug-likeness (QED) is 0.452. The van der Waals surface area contributed by atoms with E-state index in [9.17, 15) is 9.18 Å². The third-order valence-corrected chi connectivity index (χ3v) is 6.68. The first-order valence-electron chi connectivity index (χ1n) is 12.3. The van der Waals surface area contributed by atoms with Gasteiger partial charge in [0.15, 0.2) is 0 Å². The molecule has 0 N–H and O–H groups in total. The fourth-order valence-electron chi connectivity index (χ4n) is 5.25. The highest BCUT2D eigenvalue weighted by Crippen LogP contribution is 2.41. The van der Waals surface area contributed by atoms with Crippen LogP contribution < -0.4 is 0 Å². The van der Waals surface area contributed by atoms with E-state index in [1.165, 1.54) is 32.1 Å².